The van der Waals surface area contributed by atoms with E-state index in [1.165, 1.54) is 23.7 Å². The van der Waals surface area contributed by atoms with Crippen molar-refractivity contribution in [2.24, 2.45) is 0 Å². The molecule has 0 unspecified atom stereocenters. The maximum absolute atomic E-state index is 4.69. The molecule has 0 aliphatic heterocycles. The highest BCUT2D eigenvalue weighted by molar-refractivity contribution is 7.09. The fourth-order valence-corrected chi connectivity index (χ4v) is 2.89. The molecule has 0 spiro atoms. The number of aromatic nitrogens is 1. The minimum absolute atomic E-state index is 0.164. The fourth-order valence-electron chi connectivity index (χ4n) is 1.90. The molecule has 19 heavy (non-hydrogen) atoms. The van der Waals surface area contributed by atoms with Crippen LogP contribution in [0, 0.1) is 0 Å². The zero-order chi connectivity index (χ0) is 14.3. The first kappa shape index (κ1) is 16.6. The number of hydrogen-bond donors (Lipinski definition) is 1. The predicted molar refractivity (Wildman–Crippen MR) is 84.9 cm³/mol. The van der Waals surface area contributed by atoms with Gasteiger partial charge in [0.25, 0.3) is 0 Å². The quantitative estimate of drug-likeness (QED) is 0.742. The molecule has 0 saturated heterocycles. The molecule has 0 amide bonds. The lowest BCUT2D eigenvalue weighted by Crippen LogP contribution is -2.27. The van der Waals surface area contributed by atoms with E-state index < -0.39 is 0 Å². The highest BCUT2D eigenvalue weighted by Crippen LogP contribution is 2.23. The van der Waals surface area contributed by atoms with Gasteiger partial charge in [0.05, 0.1) is 5.69 Å². The average molecular weight is 283 g/mol. The van der Waals surface area contributed by atoms with Crippen molar-refractivity contribution >= 4 is 11.3 Å². The zero-order valence-corrected chi connectivity index (χ0v) is 13.9. The van der Waals surface area contributed by atoms with Gasteiger partial charge >= 0.3 is 0 Å². The summed E-state index contributed by atoms with van der Waals surface area (Å²) >= 11 is 1.77. The van der Waals surface area contributed by atoms with Crippen LogP contribution in [-0.4, -0.2) is 36.1 Å². The Morgan fingerprint density at radius 2 is 1.95 bits per heavy atom. The fraction of sp³-hybridized carbons (Fsp3) is 0.800. The Bertz CT molecular complexity index is 351. The van der Waals surface area contributed by atoms with Gasteiger partial charge in [-0.25, -0.2) is 4.98 Å². The summed E-state index contributed by atoms with van der Waals surface area (Å²) in [5.41, 5.74) is 1.37. The van der Waals surface area contributed by atoms with Crippen molar-refractivity contribution < 1.29 is 0 Å². The van der Waals surface area contributed by atoms with Gasteiger partial charge in [0.15, 0.2) is 0 Å². The maximum Gasteiger partial charge on any atom is 0.107 e. The molecule has 1 aromatic heterocycles. The van der Waals surface area contributed by atoms with Gasteiger partial charge in [-0.05, 0) is 32.6 Å². The monoisotopic (exact) mass is 283 g/mol. The molecule has 110 valence electrons. The largest absolute Gasteiger partial charge is 0.310 e. The molecule has 0 saturated carbocycles. The molecular weight excluding hydrogens is 254 g/mol. The zero-order valence-electron chi connectivity index (χ0n) is 13.1. The first-order valence-corrected chi connectivity index (χ1v) is 8.23. The summed E-state index contributed by atoms with van der Waals surface area (Å²) in [6.45, 7) is 16.5. The molecule has 1 heterocycles. The van der Waals surface area contributed by atoms with Gasteiger partial charge in [0, 0.05) is 17.3 Å². The van der Waals surface area contributed by atoms with Crippen molar-refractivity contribution in [1.29, 1.82) is 0 Å². The lowest BCUT2D eigenvalue weighted by atomic mass is 9.93. The van der Waals surface area contributed by atoms with Gasteiger partial charge in [0.2, 0.25) is 0 Å². The van der Waals surface area contributed by atoms with Crippen LogP contribution in [0.1, 0.15) is 51.7 Å². The van der Waals surface area contributed by atoms with Crippen LogP contribution in [0.5, 0.6) is 0 Å². The average Bonchev–Trinajstić information content (AvgIpc) is 2.82. The molecule has 1 N–H and O–H groups in total. The van der Waals surface area contributed by atoms with Gasteiger partial charge in [-0.1, -0.05) is 34.6 Å². The SMILES string of the molecule is CCN(CC)CCCNCc1nc(C(C)(C)C)cs1. The van der Waals surface area contributed by atoms with Gasteiger partial charge in [-0.3, -0.25) is 0 Å². The number of nitrogens with one attached hydrogen (secondary N) is 1. The summed E-state index contributed by atoms with van der Waals surface area (Å²) < 4.78 is 0. The second-order valence-electron chi connectivity index (χ2n) is 5.93. The third kappa shape index (κ3) is 6.02. The molecular formula is C15H29N3S. The Hall–Kier alpha value is -0.450. The minimum atomic E-state index is 0.164. The van der Waals surface area contributed by atoms with Crippen LogP contribution in [-0.2, 0) is 12.0 Å². The number of nitrogens with zero attached hydrogens (tertiary/aromatic N) is 2. The third-order valence-electron chi connectivity index (χ3n) is 3.32. The molecule has 1 aromatic rings. The number of thiazole rings is 1. The van der Waals surface area contributed by atoms with E-state index in [9.17, 15) is 0 Å². The molecule has 0 fully saturated rings. The van der Waals surface area contributed by atoms with Crippen LogP contribution < -0.4 is 5.32 Å². The lowest BCUT2D eigenvalue weighted by Gasteiger charge is -2.17. The molecule has 1 rings (SSSR count). The van der Waals surface area contributed by atoms with Crippen LogP contribution in [0.3, 0.4) is 0 Å². The van der Waals surface area contributed by atoms with Crippen molar-refractivity contribution in [1.82, 2.24) is 15.2 Å². The summed E-state index contributed by atoms with van der Waals surface area (Å²) in [6.07, 6.45) is 1.21. The Morgan fingerprint density at radius 1 is 1.26 bits per heavy atom. The Labute approximate surface area is 122 Å². The third-order valence-corrected chi connectivity index (χ3v) is 4.17. The van der Waals surface area contributed by atoms with E-state index in [1.54, 1.807) is 11.3 Å². The van der Waals surface area contributed by atoms with Crippen molar-refractivity contribution in [3.05, 3.63) is 16.1 Å². The van der Waals surface area contributed by atoms with E-state index in [2.05, 4.69) is 50.2 Å². The highest BCUT2D eigenvalue weighted by Gasteiger charge is 2.16. The molecule has 4 heteroatoms. The standard InChI is InChI=1S/C15H29N3S/c1-6-18(7-2)10-8-9-16-11-14-17-13(12-19-14)15(3,4)5/h12,16H,6-11H2,1-5H3. The van der Waals surface area contributed by atoms with Crippen molar-refractivity contribution in [3.63, 3.8) is 0 Å². The van der Waals surface area contributed by atoms with E-state index in [1.807, 2.05) is 0 Å². The van der Waals surface area contributed by atoms with Crippen molar-refractivity contribution in [2.75, 3.05) is 26.2 Å². The summed E-state index contributed by atoms with van der Waals surface area (Å²) in [5, 5.41) is 6.88. The first-order chi connectivity index (χ1) is 8.97. The summed E-state index contributed by atoms with van der Waals surface area (Å²) in [5.74, 6) is 0. The van der Waals surface area contributed by atoms with Crippen molar-refractivity contribution in [2.45, 2.75) is 53.0 Å². The molecule has 0 atom stereocenters. The molecule has 0 bridgehead atoms. The Morgan fingerprint density at radius 3 is 2.47 bits per heavy atom. The summed E-state index contributed by atoms with van der Waals surface area (Å²) in [6, 6.07) is 0. The van der Waals surface area contributed by atoms with Gasteiger partial charge < -0.3 is 10.2 Å². The molecule has 0 aliphatic rings. The van der Waals surface area contributed by atoms with Crippen LogP contribution in [0.15, 0.2) is 5.38 Å². The second-order valence-corrected chi connectivity index (χ2v) is 6.88. The van der Waals surface area contributed by atoms with E-state index in [0.717, 1.165) is 26.2 Å². The lowest BCUT2D eigenvalue weighted by molar-refractivity contribution is 0.298. The van der Waals surface area contributed by atoms with E-state index >= 15 is 0 Å². The van der Waals surface area contributed by atoms with E-state index in [4.69, 9.17) is 4.98 Å². The molecule has 3 nitrogen and oxygen atoms in total. The number of rotatable bonds is 8. The van der Waals surface area contributed by atoms with Crippen LogP contribution in [0.25, 0.3) is 0 Å². The van der Waals surface area contributed by atoms with E-state index in [-0.39, 0.29) is 5.41 Å². The normalized spacial score (nSPS) is 12.3. The summed E-state index contributed by atoms with van der Waals surface area (Å²) in [7, 11) is 0. The number of hydrogen-bond acceptors (Lipinski definition) is 4. The maximum atomic E-state index is 4.69. The Kier molecular flexibility index (Phi) is 6.97. The summed E-state index contributed by atoms with van der Waals surface area (Å²) in [4.78, 5) is 7.15. The van der Waals surface area contributed by atoms with Crippen LogP contribution in [0.4, 0.5) is 0 Å². The van der Waals surface area contributed by atoms with Crippen LogP contribution in [0.2, 0.25) is 0 Å². The van der Waals surface area contributed by atoms with Gasteiger partial charge in [-0.15, -0.1) is 11.3 Å². The molecule has 0 aliphatic carbocycles. The second kappa shape index (κ2) is 7.98. The van der Waals surface area contributed by atoms with Crippen LogP contribution >= 0.6 is 11.3 Å². The van der Waals surface area contributed by atoms with Gasteiger partial charge in [-0.2, -0.15) is 0 Å². The van der Waals surface area contributed by atoms with Crippen molar-refractivity contribution in [3.8, 4) is 0 Å². The minimum Gasteiger partial charge on any atom is -0.310 e. The van der Waals surface area contributed by atoms with E-state index in [0.29, 0.717) is 0 Å². The Balaban J connectivity index is 2.21. The smallest absolute Gasteiger partial charge is 0.107 e. The highest BCUT2D eigenvalue weighted by atomic mass is 32.1. The van der Waals surface area contributed by atoms with Gasteiger partial charge in [0.1, 0.15) is 5.01 Å². The molecule has 0 radical (unpaired) electrons. The predicted octanol–water partition coefficient (Wildman–Crippen LogP) is 3.26. The molecule has 0 aromatic carbocycles. The topological polar surface area (TPSA) is 28.2 Å². The first-order valence-electron chi connectivity index (χ1n) is 7.35.